The largest absolute Gasteiger partial charge is 0.418 e. The monoisotopic (exact) mass is 358 g/mol. The lowest BCUT2D eigenvalue weighted by molar-refractivity contribution is -0.136. The maximum Gasteiger partial charge on any atom is 0.418 e. The molecule has 134 valence electrons. The van der Waals surface area contributed by atoms with Crippen molar-refractivity contribution in [2.24, 2.45) is 5.10 Å². The Morgan fingerprint density at radius 3 is 2.35 bits per heavy atom. The van der Waals surface area contributed by atoms with Crippen molar-refractivity contribution in [3.8, 4) is 5.69 Å². The number of aryl methyl sites for hydroxylation is 1. The third-order valence-corrected chi connectivity index (χ3v) is 3.96. The van der Waals surface area contributed by atoms with Crippen molar-refractivity contribution < 1.29 is 13.2 Å². The van der Waals surface area contributed by atoms with Gasteiger partial charge in [-0.25, -0.2) is 4.68 Å². The summed E-state index contributed by atoms with van der Waals surface area (Å²) in [6, 6.07) is 14.8. The molecule has 0 fully saturated rings. The predicted octanol–water partition coefficient (Wildman–Crippen LogP) is 4.95. The standard InChI is InChI=1S/C19H17F3N4/c1-13-16(14(2)26(25-13)15-8-4-3-5-9-15)12-23-24-18-11-7-6-10-17(18)19(20,21)22/h3-12,24H,1-2H3. The third kappa shape index (κ3) is 3.61. The SMILES string of the molecule is Cc1nn(-c2ccccc2)c(C)c1C=NNc1ccccc1C(F)(F)F. The molecule has 3 aromatic rings. The summed E-state index contributed by atoms with van der Waals surface area (Å²) in [5.41, 5.74) is 4.88. The van der Waals surface area contributed by atoms with Gasteiger partial charge in [-0.2, -0.15) is 23.4 Å². The van der Waals surface area contributed by atoms with Gasteiger partial charge in [-0.3, -0.25) is 5.43 Å². The minimum Gasteiger partial charge on any atom is -0.278 e. The average Bonchev–Trinajstić information content (AvgIpc) is 2.90. The number of para-hydroxylation sites is 2. The molecule has 0 aliphatic rings. The van der Waals surface area contributed by atoms with Crippen LogP contribution in [0.4, 0.5) is 18.9 Å². The van der Waals surface area contributed by atoms with Gasteiger partial charge >= 0.3 is 6.18 Å². The van der Waals surface area contributed by atoms with Crippen molar-refractivity contribution in [3.63, 3.8) is 0 Å². The summed E-state index contributed by atoms with van der Waals surface area (Å²) >= 11 is 0. The fourth-order valence-corrected chi connectivity index (χ4v) is 2.66. The molecule has 0 amide bonds. The number of hydrogen-bond donors (Lipinski definition) is 1. The van der Waals surface area contributed by atoms with Gasteiger partial charge < -0.3 is 0 Å². The minimum absolute atomic E-state index is 0.0954. The molecule has 0 aliphatic heterocycles. The van der Waals surface area contributed by atoms with Gasteiger partial charge in [0, 0.05) is 5.56 Å². The van der Waals surface area contributed by atoms with Crippen LogP contribution in [0.1, 0.15) is 22.5 Å². The second-order valence-electron chi connectivity index (χ2n) is 5.75. The van der Waals surface area contributed by atoms with Crippen molar-refractivity contribution in [3.05, 3.63) is 77.1 Å². The topological polar surface area (TPSA) is 42.2 Å². The highest BCUT2D eigenvalue weighted by Crippen LogP contribution is 2.34. The van der Waals surface area contributed by atoms with Gasteiger partial charge in [-0.1, -0.05) is 30.3 Å². The molecule has 7 heteroatoms. The molecule has 1 N–H and O–H groups in total. The molecular weight excluding hydrogens is 341 g/mol. The van der Waals surface area contributed by atoms with Crippen LogP contribution < -0.4 is 5.43 Å². The van der Waals surface area contributed by atoms with E-state index in [0.717, 1.165) is 28.7 Å². The van der Waals surface area contributed by atoms with Crippen LogP contribution in [0.25, 0.3) is 5.69 Å². The number of halogens is 3. The van der Waals surface area contributed by atoms with Crippen LogP contribution in [0, 0.1) is 13.8 Å². The summed E-state index contributed by atoms with van der Waals surface area (Å²) in [5, 5.41) is 8.47. The van der Waals surface area contributed by atoms with E-state index in [1.807, 2.05) is 44.2 Å². The molecule has 0 saturated heterocycles. The molecule has 0 aliphatic carbocycles. The summed E-state index contributed by atoms with van der Waals surface area (Å²) < 4.78 is 40.8. The number of nitrogens with zero attached hydrogens (tertiary/aromatic N) is 3. The van der Waals surface area contributed by atoms with E-state index in [1.54, 1.807) is 4.68 Å². The van der Waals surface area contributed by atoms with E-state index in [-0.39, 0.29) is 5.69 Å². The lowest BCUT2D eigenvalue weighted by Crippen LogP contribution is -2.08. The molecule has 0 radical (unpaired) electrons. The van der Waals surface area contributed by atoms with Crippen molar-refractivity contribution in [1.29, 1.82) is 0 Å². The summed E-state index contributed by atoms with van der Waals surface area (Å²) in [4.78, 5) is 0. The van der Waals surface area contributed by atoms with E-state index in [4.69, 9.17) is 0 Å². The fourth-order valence-electron chi connectivity index (χ4n) is 2.66. The van der Waals surface area contributed by atoms with Gasteiger partial charge in [0.1, 0.15) is 0 Å². The highest BCUT2D eigenvalue weighted by Gasteiger charge is 2.33. The van der Waals surface area contributed by atoms with Crippen molar-refractivity contribution in [2.45, 2.75) is 20.0 Å². The number of anilines is 1. The van der Waals surface area contributed by atoms with Crippen LogP contribution in [0.15, 0.2) is 59.7 Å². The van der Waals surface area contributed by atoms with E-state index >= 15 is 0 Å². The second kappa shape index (κ2) is 7.03. The van der Waals surface area contributed by atoms with Crippen molar-refractivity contribution in [2.75, 3.05) is 5.43 Å². The molecule has 0 bridgehead atoms. The maximum absolute atomic E-state index is 13.0. The first-order valence-electron chi connectivity index (χ1n) is 7.95. The van der Waals surface area contributed by atoms with Crippen molar-refractivity contribution >= 4 is 11.9 Å². The van der Waals surface area contributed by atoms with Crippen LogP contribution in [0.2, 0.25) is 0 Å². The molecule has 4 nitrogen and oxygen atoms in total. The number of rotatable bonds is 4. The Kier molecular flexibility index (Phi) is 4.79. The predicted molar refractivity (Wildman–Crippen MR) is 95.7 cm³/mol. The van der Waals surface area contributed by atoms with Gasteiger partial charge in [-0.05, 0) is 38.1 Å². The Morgan fingerprint density at radius 2 is 1.65 bits per heavy atom. The zero-order valence-corrected chi connectivity index (χ0v) is 14.2. The fraction of sp³-hybridized carbons (Fsp3) is 0.158. The van der Waals surface area contributed by atoms with E-state index < -0.39 is 11.7 Å². The second-order valence-corrected chi connectivity index (χ2v) is 5.75. The first-order chi connectivity index (χ1) is 12.4. The van der Waals surface area contributed by atoms with E-state index in [1.165, 1.54) is 24.4 Å². The number of benzene rings is 2. The van der Waals surface area contributed by atoms with Crippen LogP contribution in [-0.2, 0) is 6.18 Å². The number of hydrazone groups is 1. The van der Waals surface area contributed by atoms with Crippen LogP contribution in [0.3, 0.4) is 0 Å². The smallest absolute Gasteiger partial charge is 0.278 e. The average molecular weight is 358 g/mol. The highest BCUT2D eigenvalue weighted by atomic mass is 19.4. The summed E-state index contributed by atoms with van der Waals surface area (Å²) in [6.45, 7) is 3.72. The zero-order valence-electron chi connectivity index (χ0n) is 14.2. The van der Waals surface area contributed by atoms with E-state index in [2.05, 4.69) is 15.6 Å². The van der Waals surface area contributed by atoms with Gasteiger partial charge in [-0.15, -0.1) is 0 Å². The Bertz CT molecular complexity index is 928. The number of hydrogen-bond acceptors (Lipinski definition) is 3. The van der Waals surface area contributed by atoms with E-state index in [0.29, 0.717) is 0 Å². The molecule has 26 heavy (non-hydrogen) atoms. The third-order valence-electron chi connectivity index (χ3n) is 3.96. The molecule has 2 aromatic carbocycles. The van der Waals surface area contributed by atoms with E-state index in [9.17, 15) is 13.2 Å². The quantitative estimate of drug-likeness (QED) is 0.529. The summed E-state index contributed by atoms with van der Waals surface area (Å²) in [6.07, 6.45) is -2.95. The summed E-state index contributed by atoms with van der Waals surface area (Å²) in [5.74, 6) is 0. The Morgan fingerprint density at radius 1 is 1.00 bits per heavy atom. The minimum atomic E-state index is -4.44. The zero-order chi connectivity index (χ0) is 18.7. The van der Waals surface area contributed by atoms with Gasteiger partial charge in [0.25, 0.3) is 0 Å². The first kappa shape index (κ1) is 17.7. The van der Waals surface area contributed by atoms with Crippen LogP contribution in [-0.4, -0.2) is 16.0 Å². The molecular formula is C19H17F3N4. The van der Waals surface area contributed by atoms with Gasteiger partial charge in [0.2, 0.25) is 0 Å². The molecule has 0 saturated carbocycles. The van der Waals surface area contributed by atoms with Crippen molar-refractivity contribution in [1.82, 2.24) is 9.78 Å². The van der Waals surface area contributed by atoms with Gasteiger partial charge in [0.15, 0.2) is 0 Å². The number of alkyl halides is 3. The van der Waals surface area contributed by atoms with Gasteiger partial charge in [0.05, 0.1) is 34.5 Å². The Hall–Kier alpha value is -3.09. The Labute approximate surface area is 149 Å². The molecule has 0 atom stereocenters. The molecule has 0 spiro atoms. The number of aromatic nitrogens is 2. The van der Waals surface area contributed by atoms with Crippen LogP contribution >= 0.6 is 0 Å². The van der Waals surface area contributed by atoms with Crippen LogP contribution in [0.5, 0.6) is 0 Å². The highest BCUT2D eigenvalue weighted by molar-refractivity contribution is 5.83. The molecule has 1 aromatic heterocycles. The summed E-state index contributed by atoms with van der Waals surface area (Å²) in [7, 11) is 0. The first-order valence-corrected chi connectivity index (χ1v) is 7.95. The lowest BCUT2D eigenvalue weighted by atomic mass is 10.2. The number of nitrogens with one attached hydrogen (secondary N) is 1. The Balaban J connectivity index is 1.86. The molecule has 3 rings (SSSR count). The molecule has 0 unspecified atom stereocenters. The maximum atomic E-state index is 13.0. The molecule has 1 heterocycles. The normalized spacial score (nSPS) is 11.9. The lowest BCUT2D eigenvalue weighted by Gasteiger charge is -2.11.